The van der Waals surface area contributed by atoms with E-state index in [9.17, 15) is 19.5 Å². The van der Waals surface area contributed by atoms with Crippen LogP contribution in [0.2, 0.25) is 0 Å². The second-order valence-corrected chi connectivity index (χ2v) is 10.5. The zero-order chi connectivity index (χ0) is 23.7. The van der Waals surface area contributed by atoms with E-state index in [0.717, 1.165) is 16.0 Å². The van der Waals surface area contributed by atoms with E-state index in [1.54, 1.807) is 6.08 Å². The third-order valence-electron chi connectivity index (χ3n) is 6.02. The number of carboxylic acids is 1. The first-order chi connectivity index (χ1) is 16.5. The Balaban J connectivity index is 1.45. The van der Waals surface area contributed by atoms with Gasteiger partial charge in [0.1, 0.15) is 17.1 Å². The molecule has 172 valence electrons. The molecule has 2 amide bonds. The lowest BCUT2D eigenvalue weighted by molar-refractivity contribution is -0.150. The van der Waals surface area contributed by atoms with Crippen molar-refractivity contribution in [3.63, 3.8) is 0 Å². The normalized spacial score (nSPS) is 21.4. The van der Waals surface area contributed by atoms with Crippen LogP contribution in [0.1, 0.15) is 21.9 Å². The predicted molar refractivity (Wildman–Crippen MR) is 132 cm³/mol. The van der Waals surface area contributed by atoms with Crippen LogP contribution in [-0.4, -0.2) is 44.5 Å². The van der Waals surface area contributed by atoms with Crippen molar-refractivity contribution in [3.8, 4) is 0 Å². The Kier molecular flexibility index (Phi) is 6.26. The van der Waals surface area contributed by atoms with Crippen molar-refractivity contribution < 1.29 is 19.5 Å². The van der Waals surface area contributed by atoms with Crippen LogP contribution in [0, 0.1) is 0 Å². The maximum absolute atomic E-state index is 12.9. The fourth-order valence-corrected chi connectivity index (χ4v) is 6.85. The van der Waals surface area contributed by atoms with E-state index in [2.05, 4.69) is 5.32 Å². The molecular formula is C26H22N2O4S2. The smallest absolute Gasteiger partial charge is 0.352 e. The van der Waals surface area contributed by atoms with E-state index >= 15 is 0 Å². The van der Waals surface area contributed by atoms with Gasteiger partial charge in [0.2, 0.25) is 5.91 Å². The fourth-order valence-electron chi connectivity index (χ4n) is 4.47. The number of nitrogens with one attached hydrogen (secondary N) is 1. The number of carbonyl (C=O) groups excluding carboxylic acids is 2. The Hall–Kier alpha value is -3.36. The maximum Gasteiger partial charge on any atom is 0.352 e. The molecule has 1 aromatic heterocycles. The summed E-state index contributed by atoms with van der Waals surface area (Å²) in [7, 11) is 0. The van der Waals surface area contributed by atoms with E-state index in [0.29, 0.717) is 0 Å². The molecule has 2 N–H and O–H groups in total. The molecule has 0 bridgehead atoms. The molecular weight excluding hydrogens is 468 g/mol. The van der Waals surface area contributed by atoms with Gasteiger partial charge in [0, 0.05) is 16.0 Å². The summed E-state index contributed by atoms with van der Waals surface area (Å²) < 4.78 is 0. The molecule has 3 aromatic rings. The average molecular weight is 491 g/mol. The maximum atomic E-state index is 12.9. The highest BCUT2D eigenvalue weighted by molar-refractivity contribution is 8.00. The molecule has 0 saturated carbocycles. The van der Waals surface area contributed by atoms with E-state index in [4.69, 9.17) is 0 Å². The van der Waals surface area contributed by atoms with Gasteiger partial charge in [-0.05, 0) is 28.6 Å². The minimum absolute atomic E-state index is 0.0284. The predicted octanol–water partition coefficient (Wildman–Crippen LogP) is 3.86. The molecule has 0 spiro atoms. The summed E-state index contributed by atoms with van der Waals surface area (Å²) in [5.74, 6) is -1.89. The van der Waals surface area contributed by atoms with Crippen molar-refractivity contribution in [2.24, 2.45) is 0 Å². The van der Waals surface area contributed by atoms with Crippen LogP contribution >= 0.6 is 23.1 Å². The monoisotopic (exact) mass is 490 g/mol. The zero-order valence-electron chi connectivity index (χ0n) is 18.0. The van der Waals surface area contributed by atoms with Crippen molar-refractivity contribution >= 4 is 40.9 Å². The molecule has 5 rings (SSSR count). The molecule has 2 aliphatic heterocycles. The minimum atomic E-state index is -1.15. The van der Waals surface area contributed by atoms with Crippen LogP contribution in [0.4, 0.5) is 0 Å². The second kappa shape index (κ2) is 9.48. The molecule has 0 radical (unpaired) electrons. The summed E-state index contributed by atoms with van der Waals surface area (Å²) in [6.07, 6.45) is 1.87. The summed E-state index contributed by atoms with van der Waals surface area (Å²) in [6.45, 7) is 0. The highest BCUT2D eigenvalue weighted by atomic mass is 32.2. The molecule has 3 heterocycles. The van der Waals surface area contributed by atoms with E-state index in [1.165, 1.54) is 28.0 Å². The highest BCUT2D eigenvalue weighted by Gasteiger charge is 2.55. The number of carbonyl (C=O) groups is 3. The van der Waals surface area contributed by atoms with Crippen LogP contribution in [0.3, 0.4) is 0 Å². The first-order valence-electron chi connectivity index (χ1n) is 10.9. The van der Waals surface area contributed by atoms with Gasteiger partial charge in [-0.15, -0.1) is 23.1 Å². The van der Waals surface area contributed by atoms with Crippen LogP contribution in [0.15, 0.2) is 89.9 Å². The Labute approximate surface area is 205 Å². The number of fused-ring (bicyclic) bond motifs is 1. The highest BCUT2D eigenvalue weighted by Crippen LogP contribution is 2.47. The number of benzene rings is 2. The van der Waals surface area contributed by atoms with Gasteiger partial charge in [-0.1, -0.05) is 66.7 Å². The third-order valence-corrected chi connectivity index (χ3v) is 8.38. The molecule has 6 nitrogen and oxygen atoms in total. The lowest BCUT2D eigenvalue weighted by atomic mass is 9.87. The lowest BCUT2D eigenvalue weighted by Crippen LogP contribution is -2.71. The van der Waals surface area contributed by atoms with Crippen molar-refractivity contribution in [1.82, 2.24) is 10.2 Å². The Morgan fingerprint density at radius 2 is 1.62 bits per heavy atom. The lowest BCUT2D eigenvalue weighted by Gasteiger charge is -2.50. The van der Waals surface area contributed by atoms with Gasteiger partial charge in [-0.3, -0.25) is 14.5 Å². The quantitative estimate of drug-likeness (QED) is 0.491. The van der Waals surface area contributed by atoms with Crippen LogP contribution in [0.5, 0.6) is 0 Å². The van der Waals surface area contributed by atoms with Gasteiger partial charge in [-0.25, -0.2) is 4.79 Å². The summed E-state index contributed by atoms with van der Waals surface area (Å²) >= 11 is 3.00. The number of hydrogen-bond donors (Lipinski definition) is 2. The van der Waals surface area contributed by atoms with Crippen LogP contribution < -0.4 is 5.32 Å². The number of thiophene rings is 1. The third kappa shape index (κ3) is 4.26. The van der Waals surface area contributed by atoms with Gasteiger partial charge < -0.3 is 10.4 Å². The van der Waals surface area contributed by atoms with E-state index < -0.39 is 17.4 Å². The van der Waals surface area contributed by atoms with Crippen LogP contribution in [-0.2, 0) is 20.8 Å². The number of carboxylic acid groups (broad SMARTS) is 1. The Morgan fingerprint density at radius 3 is 2.18 bits per heavy atom. The van der Waals surface area contributed by atoms with Crippen LogP contribution in [0.25, 0.3) is 0 Å². The van der Waals surface area contributed by atoms with E-state index in [-0.39, 0.29) is 35.1 Å². The number of thioether (sulfide) groups is 1. The first kappa shape index (κ1) is 22.4. The number of amides is 2. The van der Waals surface area contributed by atoms with Gasteiger partial charge in [0.05, 0.1) is 6.42 Å². The van der Waals surface area contributed by atoms with Crippen molar-refractivity contribution in [2.45, 2.75) is 29.0 Å². The van der Waals surface area contributed by atoms with Gasteiger partial charge in [0.15, 0.2) is 0 Å². The van der Waals surface area contributed by atoms with E-state index in [1.807, 2.05) is 78.2 Å². The summed E-state index contributed by atoms with van der Waals surface area (Å²) in [4.78, 5) is 39.8. The number of rotatable bonds is 7. The Bertz CT molecular complexity index is 1190. The SMILES string of the molecule is O=C(Cc1cccs1)NC1C(=O)N2C(C(=O)O)=CC(C(c3ccccc3)c3ccccc3)S[C@H]12. The summed E-state index contributed by atoms with van der Waals surface area (Å²) in [6, 6.07) is 22.9. The number of β-lactam (4-membered cyclic amide) rings is 1. The number of aliphatic carboxylic acids is 1. The van der Waals surface area contributed by atoms with Gasteiger partial charge in [-0.2, -0.15) is 0 Å². The molecule has 0 aliphatic carbocycles. The summed E-state index contributed by atoms with van der Waals surface area (Å²) in [5.41, 5.74) is 2.09. The fraction of sp³-hybridized carbons (Fsp3) is 0.192. The molecule has 34 heavy (non-hydrogen) atoms. The van der Waals surface area contributed by atoms with Gasteiger partial charge >= 0.3 is 5.97 Å². The average Bonchev–Trinajstić information content (AvgIpc) is 3.36. The largest absolute Gasteiger partial charge is 0.477 e. The number of nitrogens with zero attached hydrogens (tertiary/aromatic N) is 1. The summed E-state index contributed by atoms with van der Waals surface area (Å²) in [5, 5.41) is 13.9. The molecule has 1 fully saturated rings. The van der Waals surface area contributed by atoms with Gasteiger partial charge in [0.25, 0.3) is 5.91 Å². The Morgan fingerprint density at radius 1 is 0.971 bits per heavy atom. The van der Waals surface area contributed by atoms with Crippen molar-refractivity contribution in [3.05, 3.63) is 106 Å². The molecule has 2 aromatic carbocycles. The zero-order valence-corrected chi connectivity index (χ0v) is 19.7. The standard InChI is InChI=1S/C26H22N2O4S2/c29-21(14-18-12-7-13-33-18)27-23-24(30)28-19(26(31)32)15-20(34-25(23)28)22(16-8-3-1-4-9-16)17-10-5-2-6-11-17/h1-13,15,20,22-23,25H,14H2,(H,27,29)(H,31,32)/t20?,23?,25-/m1/s1. The molecule has 2 unspecified atom stereocenters. The van der Waals surface area contributed by atoms with Crippen molar-refractivity contribution in [2.75, 3.05) is 0 Å². The second-order valence-electron chi connectivity index (χ2n) is 8.16. The molecule has 8 heteroatoms. The minimum Gasteiger partial charge on any atom is -0.477 e. The molecule has 3 atom stereocenters. The number of hydrogen-bond acceptors (Lipinski definition) is 5. The molecule has 1 saturated heterocycles. The topological polar surface area (TPSA) is 86.7 Å². The van der Waals surface area contributed by atoms with Crippen molar-refractivity contribution in [1.29, 1.82) is 0 Å². The molecule has 2 aliphatic rings. The first-order valence-corrected chi connectivity index (χ1v) is 12.7.